The minimum Gasteiger partial charge on any atom is -0.306 e. The van der Waals surface area contributed by atoms with Crippen molar-refractivity contribution in [3.05, 3.63) is 0 Å². The van der Waals surface area contributed by atoms with Crippen molar-refractivity contribution in [3.63, 3.8) is 0 Å². The first-order valence-electron chi connectivity index (χ1n) is 10.1. The molecule has 31 heavy (non-hydrogen) atoms. The van der Waals surface area contributed by atoms with E-state index in [4.69, 9.17) is 67.1 Å². The van der Waals surface area contributed by atoms with E-state index < -0.39 is 26.3 Å². The van der Waals surface area contributed by atoms with Crippen LogP contribution in [0.1, 0.15) is 33.6 Å². The molecular weight excluding hydrogens is 551 g/mol. The highest BCUT2D eigenvalue weighted by molar-refractivity contribution is 7.54. The van der Waals surface area contributed by atoms with E-state index in [9.17, 15) is 9.13 Å². The van der Waals surface area contributed by atoms with Crippen LogP contribution in [0.3, 0.4) is 0 Å². The summed E-state index contributed by atoms with van der Waals surface area (Å²) in [6.07, 6.45) is 1.71. The van der Waals surface area contributed by atoms with Gasteiger partial charge < -0.3 is 9.05 Å². The third-order valence-electron chi connectivity index (χ3n) is 4.42. The monoisotopic (exact) mass is 582 g/mol. The zero-order chi connectivity index (χ0) is 23.7. The van der Waals surface area contributed by atoms with Crippen LogP contribution in [0.4, 0.5) is 0 Å². The topological polar surface area (TPSA) is 74.3 Å². The first kappa shape index (κ1) is 30.7. The molecule has 2 fully saturated rings. The molecule has 15 heteroatoms. The minimum absolute atomic E-state index is 0.378. The highest BCUT2D eigenvalue weighted by atomic mass is 35.5. The van der Waals surface area contributed by atoms with Gasteiger partial charge in [-0.1, -0.05) is 0 Å². The van der Waals surface area contributed by atoms with Crippen LogP contribution >= 0.6 is 73.3 Å². The Morgan fingerprint density at radius 1 is 0.903 bits per heavy atom. The van der Waals surface area contributed by atoms with Crippen LogP contribution in [0, 0.1) is 0 Å². The summed E-state index contributed by atoms with van der Waals surface area (Å²) in [4.78, 5) is 0. The molecule has 186 valence electrons. The quantitative estimate of drug-likeness (QED) is 0.209. The molecule has 2 saturated heterocycles. The Bertz CT molecular complexity index is 609. The molecule has 0 aliphatic carbocycles. The fourth-order valence-electron chi connectivity index (χ4n) is 3.21. The smallest absolute Gasteiger partial charge is 0.306 e. The summed E-state index contributed by atoms with van der Waals surface area (Å²) in [5.41, 5.74) is -1.31. The Labute approximate surface area is 211 Å². The molecule has 5 unspecified atom stereocenters. The average molecular weight is 585 g/mol. The van der Waals surface area contributed by atoms with E-state index in [1.54, 1.807) is 30.1 Å². The Morgan fingerprint density at radius 2 is 1.39 bits per heavy atom. The van der Waals surface area contributed by atoms with Crippen molar-refractivity contribution < 1.29 is 18.2 Å². The fraction of sp³-hybridized carbons (Fsp3) is 1.00. The zero-order valence-electron chi connectivity index (χ0n) is 18.1. The van der Waals surface area contributed by atoms with Crippen LogP contribution in [0.25, 0.3) is 0 Å². The number of nitrogens with one attached hydrogen (secondary N) is 1. The van der Waals surface area contributed by atoms with Crippen LogP contribution in [0.15, 0.2) is 0 Å². The van der Waals surface area contributed by atoms with Gasteiger partial charge in [0.15, 0.2) is 0 Å². The van der Waals surface area contributed by atoms with Crippen molar-refractivity contribution in [3.8, 4) is 0 Å². The molecule has 2 rings (SSSR count). The molecule has 0 spiro atoms. The maximum atomic E-state index is 12.9. The second-order valence-corrected chi connectivity index (χ2v) is 14.0. The van der Waals surface area contributed by atoms with Gasteiger partial charge in [-0.25, -0.2) is 14.4 Å². The van der Waals surface area contributed by atoms with Crippen LogP contribution in [0.2, 0.25) is 0 Å². The van der Waals surface area contributed by atoms with Gasteiger partial charge in [0, 0.05) is 37.9 Å². The first-order chi connectivity index (χ1) is 14.5. The van der Waals surface area contributed by atoms with Gasteiger partial charge in [0.1, 0.15) is 0 Å². The van der Waals surface area contributed by atoms with E-state index in [0.717, 1.165) is 19.4 Å². The lowest BCUT2D eigenvalue weighted by molar-refractivity contribution is 0.162. The van der Waals surface area contributed by atoms with E-state index in [1.165, 1.54) is 4.67 Å². The zero-order valence-corrected chi connectivity index (χ0v) is 23.6. The number of hydrogen-bond acceptors (Lipinski definition) is 4. The SMILES string of the molecule is CC(Cl)N(C(C)Cl)P1(=O)OCCCN1CCCl.CC(Cl)NP1(=O)OCCCN1CCCl. The largest absolute Gasteiger partial charge is 0.348 e. The molecule has 8 nitrogen and oxygen atoms in total. The van der Waals surface area contributed by atoms with Crippen LogP contribution in [0.5, 0.6) is 0 Å². The third-order valence-corrected chi connectivity index (χ3v) is 11.0. The molecule has 0 bridgehead atoms. The molecular formula is C16H33Cl5N4O4P2. The molecule has 0 amide bonds. The summed E-state index contributed by atoms with van der Waals surface area (Å²) < 4.78 is 40.9. The van der Waals surface area contributed by atoms with Gasteiger partial charge in [-0.3, -0.25) is 9.13 Å². The highest BCUT2D eigenvalue weighted by Crippen LogP contribution is 2.59. The second kappa shape index (κ2) is 14.9. The third kappa shape index (κ3) is 9.33. The molecule has 0 saturated carbocycles. The van der Waals surface area contributed by atoms with Gasteiger partial charge in [0.25, 0.3) is 0 Å². The molecule has 0 radical (unpaired) electrons. The van der Waals surface area contributed by atoms with Crippen molar-refractivity contribution in [1.82, 2.24) is 19.1 Å². The minimum atomic E-state index is -3.14. The predicted molar refractivity (Wildman–Crippen MR) is 132 cm³/mol. The summed E-state index contributed by atoms with van der Waals surface area (Å²) in [5.74, 6) is 0.834. The van der Waals surface area contributed by atoms with E-state index in [-0.39, 0.29) is 5.50 Å². The molecule has 0 aromatic rings. The number of nitrogens with zero attached hydrogens (tertiary/aromatic N) is 3. The van der Waals surface area contributed by atoms with Gasteiger partial charge in [-0.05, 0) is 33.6 Å². The molecule has 2 heterocycles. The second-order valence-electron chi connectivity index (χ2n) is 6.94. The number of halogens is 5. The Kier molecular flexibility index (Phi) is 14.8. The van der Waals surface area contributed by atoms with Gasteiger partial charge in [0.2, 0.25) is 0 Å². The van der Waals surface area contributed by atoms with Crippen molar-refractivity contribution in [1.29, 1.82) is 0 Å². The molecule has 5 atom stereocenters. The maximum Gasteiger partial charge on any atom is 0.348 e. The summed E-state index contributed by atoms with van der Waals surface area (Å²) in [6.45, 7) is 8.63. The highest BCUT2D eigenvalue weighted by Gasteiger charge is 2.44. The Hall–Kier alpha value is 1.67. The van der Waals surface area contributed by atoms with Crippen molar-refractivity contribution in [2.75, 3.05) is 51.2 Å². The van der Waals surface area contributed by atoms with E-state index >= 15 is 0 Å². The fourth-order valence-corrected chi connectivity index (χ4v) is 9.78. The van der Waals surface area contributed by atoms with E-state index in [1.807, 2.05) is 0 Å². The van der Waals surface area contributed by atoms with Gasteiger partial charge >= 0.3 is 15.3 Å². The lowest BCUT2D eigenvalue weighted by Gasteiger charge is -2.42. The summed E-state index contributed by atoms with van der Waals surface area (Å²) in [5, 5.41) is 2.76. The predicted octanol–water partition coefficient (Wildman–Crippen LogP) is 5.76. The summed E-state index contributed by atoms with van der Waals surface area (Å²) >= 11 is 29.2. The van der Waals surface area contributed by atoms with Crippen molar-refractivity contribution in [2.45, 2.75) is 50.1 Å². The van der Waals surface area contributed by atoms with Gasteiger partial charge in [-0.15, -0.1) is 58.0 Å². The van der Waals surface area contributed by atoms with Crippen molar-refractivity contribution >= 4 is 73.3 Å². The van der Waals surface area contributed by atoms with Crippen LogP contribution < -0.4 is 5.09 Å². The average Bonchev–Trinajstić information content (AvgIpc) is 2.65. The normalized spacial score (nSPS) is 31.0. The standard InChI is InChI=1S/C9H18Cl3N2O2P.C7H15Cl2N2O2P/c1-8(11)14(9(2)12)17(15)13(6-4-10)5-3-7-16-17;1-7(9)10-14(12)11(5-3-8)4-2-6-13-14/h8-9H,3-7H2,1-2H3;7H,2-6H2,1H3,(H,10,12). The van der Waals surface area contributed by atoms with Crippen molar-refractivity contribution in [2.24, 2.45) is 0 Å². The number of hydrogen-bond donors (Lipinski definition) is 1. The Morgan fingerprint density at radius 3 is 1.87 bits per heavy atom. The summed E-state index contributed by atoms with van der Waals surface area (Å²) in [7, 11) is -6.07. The number of alkyl halides is 5. The van der Waals surface area contributed by atoms with Crippen LogP contribution in [-0.4, -0.2) is 81.7 Å². The lowest BCUT2D eigenvalue weighted by Crippen LogP contribution is -2.42. The van der Waals surface area contributed by atoms with E-state index in [2.05, 4.69) is 5.09 Å². The van der Waals surface area contributed by atoms with E-state index in [0.29, 0.717) is 44.6 Å². The maximum absolute atomic E-state index is 12.9. The summed E-state index contributed by atoms with van der Waals surface area (Å²) in [6, 6.07) is 0. The molecule has 2 aliphatic heterocycles. The van der Waals surface area contributed by atoms with Gasteiger partial charge in [-0.2, -0.15) is 4.67 Å². The first-order valence-corrected chi connectivity index (χ1v) is 15.6. The number of rotatable bonds is 9. The van der Waals surface area contributed by atoms with Gasteiger partial charge in [0.05, 0.1) is 29.7 Å². The Balaban J connectivity index is 0.000000316. The lowest BCUT2D eigenvalue weighted by atomic mass is 10.4. The molecule has 0 aromatic carbocycles. The molecule has 1 N–H and O–H groups in total. The molecule has 2 aliphatic rings. The van der Waals surface area contributed by atoms with Crippen LogP contribution in [-0.2, 0) is 18.2 Å². The molecule has 0 aromatic heterocycles.